The van der Waals surface area contributed by atoms with Gasteiger partial charge in [-0.2, -0.15) is 0 Å². The van der Waals surface area contributed by atoms with E-state index in [4.69, 9.17) is 0 Å². The van der Waals surface area contributed by atoms with Crippen LogP contribution in [-0.2, 0) is 4.79 Å². The maximum atomic E-state index is 12.1. The molecule has 2 aliphatic rings. The van der Waals surface area contributed by atoms with Gasteiger partial charge in [0.25, 0.3) is 0 Å². The lowest BCUT2D eigenvalue weighted by Gasteiger charge is -2.31. The van der Waals surface area contributed by atoms with Crippen molar-refractivity contribution in [3.05, 3.63) is 0 Å². The second-order valence-corrected chi connectivity index (χ2v) is 6.20. The fourth-order valence-corrected chi connectivity index (χ4v) is 2.83. The second-order valence-electron chi connectivity index (χ2n) is 6.20. The number of halogens is 1. The molecule has 0 radical (unpaired) electrons. The van der Waals surface area contributed by atoms with E-state index in [0.29, 0.717) is 12.5 Å². The molecule has 1 saturated carbocycles. The van der Waals surface area contributed by atoms with Crippen molar-refractivity contribution in [1.29, 1.82) is 0 Å². The number of carbonyl (C=O) groups excluding carboxylic acids is 1. The molecule has 1 aliphatic carbocycles. The van der Waals surface area contributed by atoms with E-state index in [-0.39, 0.29) is 23.9 Å². The zero-order valence-electron chi connectivity index (χ0n) is 11.2. The molecule has 0 bridgehead atoms. The van der Waals surface area contributed by atoms with Crippen LogP contribution in [0.1, 0.15) is 40.0 Å². The van der Waals surface area contributed by atoms with E-state index in [1.165, 1.54) is 12.8 Å². The normalized spacial score (nSPS) is 26.8. The highest BCUT2D eigenvalue weighted by Gasteiger charge is 2.38. The molecule has 1 amide bonds. The van der Waals surface area contributed by atoms with Gasteiger partial charge in [0.1, 0.15) is 0 Å². The van der Waals surface area contributed by atoms with Gasteiger partial charge in [-0.3, -0.25) is 4.79 Å². The van der Waals surface area contributed by atoms with E-state index in [9.17, 15) is 4.79 Å². The molecule has 17 heavy (non-hydrogen) atoms. The van der Waals surface area contributed by atoms with E-state index in [0.717, 1.165) is 25.4 Å². The molecule has 2 rings (SSSR count). The van der Waals surface area contributed by atoms with Gasteiger partial charge in [0.15, 0.2) is 0 Å². The molecule has 1 unspecified atom stereocenters. The number of nitrogens with one attached hydrogen (secondary N) is 1. The van der Waals surface area contributed by atoms with Gasteiger partial charge in [0, 0.05) is 12.1 Å². The van der Waals surface area contributed by atoms with E-state index in [2.05, 4.69) is 31.0 Å². The van der Waals surface area contributed by atoms with Crippen LogP contribution in [0.15, 0.2) is 0 Å². The summed E-state index contributed by atoms with van der Waals surface area (Å²) in [6.07, 6.45) is 3.81. The Balaban J connectivity index is 0.00000144. The lowest BCUT2D eigenvalue weighted by Crippen LogP contribution is -2.46. The van der Waals surface area contributed by atoms with Crippen molar-refractivity contribution in [2.75, 3.05) is 19.6 Å². The van der Waals surface area contributed by atoms with Gasteiger partial charge < -0.3 is 10.2 Å². The van der Waals surface area contributed by atoms with Crippen LogP contribution < -0.4 is 5.32 Å². The zero-order chi connectivity index (χ0) is 11.8. The smallest absolute Gasteiger partial charge is 0.236 e. The summed E-state index contributed by atoms with van der Waals surface area (Å²) in [5, 5.41) is 3.29. The van der Waals surface area contributed by atoms with Crippen LogP contribution in [0.5, 0.6) is 0 Å². The summed E-state index contributed by atoms with van der Waals surface area (Å²) in [6, 6.07) is 0. The first-order chi connectivity index (χ1) is 7.49. The molecule has 0 spiro atoms. The van der Waals surface area contributed by atoms with Crippen molar-refractivity contribution in [3.8, 4) is 0 Å². The van der Waals surface area contributed by atoms with Crippen molar-refractivity contribution in [2.45, 2.75) is 45.6 Å². The minimum Gasteiger partial charge on any atom is -0.336 e. The van der Waals surface area contributed by atoms with E-state index in [1.54, 1.807) is 0 Å². The quantitative estimate of drug-likeness (QED) is 0.839. The van der Waals surface area contributed by atoms with E-state index in [1.807, 2.05) is 0 Å². The molecule has 1 atom stereocenters. The Bertz CT molecular complexity index is 277. The second kappa shape index (κ2) is 5.57. The summed E-state index contributed by atoms with van der Waals surface area (Å²) >= 11 is 0. The highest BCUT2D eigenvalue weighted by molar-refractivity contribution is 5.85. The van der Waals surface area contributed by atoms with Gasteiger partial charge in [-0.15, -0.1) is 12.4 Å². The first kappa shape index (κ1) is 14.8. The predicted molar refractivity (Wildman–Crippen MR) is 72.4 cm³/mol. The summed E-state index contributed by atoms with van der Waals surface area (Å²) in [7, 11) is 0. The maximum absolute atomic E-state index is 12.1. The third kappa shape index (κ3) is 3.85. The molecule has 1 saturated heterocycles. The SMILES string of the molecule is CC1CN(C(=O)CNCC2CC2)C(C)(C)C1.Cl. The first-order valence-corrected chi connectivity index (χ1v) is 6.50. The highest BCUT2D eigenvalue weighted by atomic mass is 35.5. The molecule has 2 fully saturated rings. The van der Waals surface area contributed by atoms with Gasteiger partial charge >= 0.3 is 0 Å². The van der Waals surface area contributed by atoms with E-state index < -0.39 is 0 Å². The molecule has 4 heteroatoms. The standard InChI is InChI=1S/C13H24N2O.ClH/c1-10-6-13(2,3)15(9-10)12(16)8-14-7-11-4-5-11;/h10-11,14H,4-9H2,1-3H3;1H. The van der Waals surface area contributed by atoms with Gasteiger partial charge in [-0.05, 0) is 51.5 Å². The van der Waals surface area contributed by atoms with Crippen LogP contribution in [0.25, 0.3) is 0 Å². The molecule has 0 aromatic carbocycles. The molecule has 3 nitrogen and oxygen atoms in total. The number of amides is 1. The maximum Gasteiger partial charge on any atom is 0.236 e. The van der Waals surface area contributed by atoms with Crippen molar-refractivity contribution in [1.82, 2.24) is 10.2 Å². The monoisotopic (exact) mass is 260 g/mol. The molecule has 1 heterocycles. The molecule has 0 aromatic rings. The lowest BCUT2D eigenvalue weighted by atomic mass is 9.98. The predicted octanol–water partition coefficient (Wildman–Crippen LogP) is 2.05. The molecule has 1 aliphatic heterocycles. The summed E-state index contributed by atoms with van der Waals surface area (Å²) in [5.41, 5.74) is 0.0533. The number of likely N-dealkylation sites (tertiary alicyclic amines) is 1. The summed E-state index contributed by atoms with van der Waals surface area (Å²) in [5.74, 6) is 1.76. The lowest BCUT2D eigenvalue weighted by molar-refractivity contribution is -0.133. The summed E-state index contributed by atoms with van der Waals surface area (Å²) in [4.78, 5) is 14.1. The Morgan fingerprint density at radius 2 is 2.06 bits per heavy atom. The van der Waals surface area contributed by atoms with Gasteiger partial charge in [0.2, 0.25) is 5.91 Å². The molecule has 100 valence electrons. The Morgan fingerprint density at radius 1 is 1.41 bits per heavy atom. The van der Waals surface area contributed by atoms with Gasteiger partial charge in [0.05, 0.1) is 6.54 Å². The molecular formula is C13H25ClN2O. The Morgan fingerprint density at radius 3 is 2.53 bits per heavy atom. The Hall–Kier alpha value is -0.280. The first-order valence-electron chi connectivity index (χ1n) is 6.50. The number of hydrogen-bond acceptors (Lipinski definition) is 2. The fourth-order valence-electron chi connectivity index (χ4n) is 2.83. The van der Waals surface area contributed by atoms with Crippen molar-refractivity contribution < 1.29 is 4.79 Å². The summed E-state index contributed by atoms with van der Waals surface area (Å²) < 4.78 is 0. The number of nitrogens with zero attached hydrogens (tertiary/aromatic N) is 1. The van der Waals surface area contributed by atoms with Crippen molar-refractivity contribution in [2.24, 2.45) is 11.8 Å². The third-order valence-corrected chi connectivity index (χ3v) is 3.78. The van der Waals surface area contributed by atoms with Gasteiger partial charge in [-0.25, -0.2) is 0 Å². The van der Waals surface area contributed by atoms with Crippen molar-refractivity contribution >= 4 is 18.3 Å². The minimum atomic E-state index is 0. The van der Waals surface area contributed by atoms with Crippen LogP contribution in [0, 0.1) is 11.8 Å². The molecule has 0 aromatic heterocycles. The van der Waals surface area contributed by atoms with Crippen molar-refractivity contribution in [3.63, 3.8) is 0 Å². The topological polar surface area (TPSA) is 32.3 Å². The number of hydrogen-bond donors (Lipinski definition) is 1. The Kier molecular flexibility index (Phi) is 4.85. The summed E-state index contributed by atoms with van der Waals surface area (Å²) in [6.45, 7) is 9.05. The Labute approximate surface area is 111 Å². The minimum absolute atomic E-state index is 0. The van der Waals surface area contributed by atoms with Crippen LogP contribution in [-0.4, -0.2) is 36.0 Å². The van der Waals surface area contributed by atoms with Gasteiger partial charge in [-0.1, -0.05) is 6.92 Å². The van der Waals surface area contributed by atoms with E-state index >= 15 is 0 Å². The molecular weight excluding hydrogens is 236 g/mol. The highest BCUT2D eigenvalue weighted by Crippen LogP contribution is 2.32. The number of rotatable bonds is 4. The average molecular weight is 261 g/mol. The third-order valence-electron chi connectivity index (χ3n) is 3.78. The van der Waals surface area contributed by atoms with Crippen LogP contribution in [0.4, 0.5) is 0 Å². The van der Waals surface area contributed by atoms with Crippen LogP contribution in [0.3, 0.4) is 0 Å². The fraction of sp³-hybridized carbons (Fsp3) is 0.923. The number of carbonyl (C=O) groups is 1. The molecule has 1 N–H and O–H groups in total. The zero-order valence-corrected chi connectivity index (χ0v) is 12.0. The van der Waals surface area contributed by atoms with Crippen LogP contribution in [0.2, 0.25) is 0 Å². The average Bonchev–Trinajstić information content (AvgIpc) is 2.92. The largest absolute Gasteiger partial charge is 0.336 e. The van der Waals surface area contributed by atoms with Crippen LogP contribution >= 0.6 is 12.4 Å².